The Morgan fingerprint density at radius 2 is 2.13 bits per heavy atom. The first kappa shape index (κ1) is 18.1. The minimum absolute atomic E-state index is 0.0339. The predicted molar refractivity (Wildman–Crippen MR) is 95.2 cm³/mol. The van der Waals surface area contributed by atoms with E-state index in [4.69, 9.17) is 11.6 Å². The monoisotopic (exact) mass is 391 g/mol. The summed E-state index contributed by atoms with van der Waals surface area (Å²) in [7, 11) is -0.365. The number of sulfonamides is 1. The van der Waals surface area contributed by atoms with Gasteiger partial charge >= 0.3 is 0 Å². The lowest BCUT2D eigenvalue weighted by molar-refractivity contribution is -0.121. The summed E-state index contributed by atoms with van der Waals surface area (Å²) in [5.41, 5.74) is 0. The van der Waals surface area contributed by atoms with Crippen LogP contribution >= 0.6 is 34.7 Å². The lowest BCUT2D eigenvalue weighted by Crippen LogP contribution is -2.30. The van der Waals surface area contributed by atoms with E-state index in [1.165, 1.54) is 23.1 Å². The molecule has 0 aromatic carbocycles. The van der Waals surface area contributed by atoms with Gasteiger partial charge in [0.05, 0.1) is 9.24 Å². The van der Waals surface area contributed by atoms with Gasteiger partial charge in [-0.25, -0.2) is 0 Å². The number of amidine groups is 1. The number of halogens is 1. The van der Waals surface area contributed by atoms with Crippen molar-refractivity contribution in [2.24, 2.45) is 4.40 Å². The summed E-state index contributed by atoms with van der Waals surface area (Å²) in [6, 6.07) is 2.88. The normalized spacial score (nSPS) is 18.9. The molecule has 0 N–H and O–H groups in total. The zero-order valence-corrected chi connectivity index (χ0v) is 15.6. The van der Waals surface area contributed by atoms with Crippen LogP contribution in [0.15, 0.2) is 44.5 Å². The van der Waals surface area contributed by atoms with Crippen LogP contribution in [0.1, 0.15) is 0 Å². The molecule has 124 valence electrons. The van der Waals surface area contributed by atoms with Crippen molar-refractivity contribution in [2.75, 3.05) is 20.6 Å². The second kappa shape index (κ2) is 7.08. The van der Waals surface area contributed by atoms with Crippen LogP contribution in [0.25, 0.3) is 0 Å². The minimum atomic E-state index is -3.92. The molecule has 10 heteroatoms. The summed E-state index contributed by atoms with van der Waals surface area (Å²) in [6.45, 7) is 3.76. The fourth-order valence-electron chi connectivity index (χ4n) is 1.68. The van der Waals surface area contributed by atoms with Crippen molar-refractivity contribution in [3.8, 4) is 0 Å². The molecule has 1 aliphatic rings. The van der Waals surface area contributed by atoms with E-state index in [2.05, 4.69) is 11.0 Å². The summed E-state index contributed by atoms with van der Waals surface area (Å²) < 4.78 is 28.9. The molecular weight excluding hydrogens is 378 g/mol. The van der Waals surface area contributed by atoms with Crippen molar-refractivity contribution in [3.63, 3.8) is 0 Å². The average Bonchev–Trinajstić information content (AvgIpc) is 2.98. The quantitative estimate of drug-likeness (QED) is 0.570. The van der Waals surface area contributed by atoms with Gasteiger partial charge in [0.15, 0.2) is 5.17 Å². The number of carbonyl (C=O) groups is 1. The highest BCUT2D eigenvalue weighted by atomic mass is 35.5. The summed E-state index contributed by atoms with van der Waals surface area (Å²) in [4.78, 5) is 15.7. The van der Waals surface area contributed by atoms with Crippen LogP contribution < -0.4 is 0 Å². The molecular formula is C13H14ClN3O3S3. The number of rotatable bonds is 5. The topological polar surface area (TPSA) is 70.1 Å². The van der Waals surface area contributed by atoms with Crippen LogP contribution in [0.5, 0.6) is 0 Å². The van der Waals surface area contributed by atoms with E-state index >= 15 is 0 Å². The third-order valence-electron chi connectivity index (χ3n) is 2.58. The molecule has 0 saturated carbocycles. The van der Waals surface area contributed by atoms with E-state index < -0.39 is 10.0 Å². The number of nitrogens with zero attached hydrogens (tertiary/aromatic N) is 3. The largest absolute Gasteiger partial charge is 0.382 e. The van der Waals surface area contributed by atoms with Crippen molar-refractivity contribution in [1.29, 1.82) is 0 Å². The van der Waals surface area contributed by atoms with E-state index in [1.54, 1.807) is 25.2 Å². The molecule has 0 aliphatic carbocycles. The maximum atomic E-state index is 12.3. The Hall–Kier alpha value is -1.29. The van der Waals surface area contributed by atoms with E-state index in [0.717, 1.165) is 23.1 Å². The molecule has 0 unspecified atom stereocenters. The van der Waals surface area contributed by atoms with Crippen LogP contribution in [0.2, 0.25) is 4.34 Å². The van der Waals surface area contributed by atoms with E-state index in [1.807, 2.05) is 0 Å². The number of carbonyl (C=O) groups excluding carboxylic acids is 1. The summed E-state index contributed by atoms with van der Waals surface area (Å²) >= 11 is 7.71. The fraction of sp³-hybridized carbons (Fsp3) is 0.231. The Morgan fingerprint density at radius 1 is 1.43 bits per heavy atom. The van der Waals surface area contributed by atoms with E-state index in [9.17, 15) is 13.2 Å². The number of hydrogen-bond donors (Lipinski definition) is 0. The predicted octanol–water partition coefficient (Wildman–Crippen LogP) is 2.61. The highest BCUT2D eigenvalue weighted by molar-refractivity contribution is 8.19. The van der Waals surface area contributed by atoms with Gasteiger partial charge in [-0.2, -0.15) is 8.42 Å². The first-order chi connectivity index (χ1) is 10.7. The van der Waals surface area contributed by atoms with Crippen LogP contribution in [-0.2, 0) is 14.8 Å². The molecule has 6 nitrogen and oxygen atoms in total. The molecule has 0 radical (unpaired) electrons. The number of amides is 1. The molecule has 2 heterocycles. The number of thiophene rings is 1. The molecule has 23 heavy (non-hydrogen) atoms. The molecule has 1 amide bonds. The van der Waals surface area contributed by atoms with Crippen LogP contribution in [0, 0.1) is 0 Å². The zero-order valence-electron chi connectivity index (χ0n) is 12.4. The highest BCUT2D eigenvalue weighted by Gasteiger charge is 2.34. The van der Waals surface area contributed by atoms with Crippen molar-refractivity contribution in [1.82, 2.24) is 9.80 Å². The molecule has 2 rings (SSSR count). The Balaban J connectivity index is 2.43. The molecule has 1 aromatic rings. The van der Waals surface area contributed by atoms with Gasteiger partial charge in [-0.3, -0.25) is 9.69 Å². The minimum Gasteiger partial charge on any atom is -0.382 e. The highest BCUT2D eigenvalue weighted by Crippen LogP contribution is 2.33. The zero-order chi connectivity index (χ0) is 17.2. The van der Waals surface area contributed by atoms with E-state index in [-0.39, 0.29) is 21.8 Å². The molecule has 1 aromatic heterocycles. The summed E-state index contributed by atoms with van der Waals surface area (Å²) in [5.74, 6) is -0.304. The van der Waals surface area contributed by atoms with Gasteiger partial charge in [-0.05, 0) is 23.9 Å². The number of hydrogen-bond acceptors (Lipinski definition) is 6. The Bertz CT molecular complexity index is 796. The molecule has 0 bridgehead atoms. The van der Waals surface area contributed by atoms with Gasteiger partial charge in [0.2, 0.25) is 0 Å². The SMILES string of the molecule is C=CCN1C(=O)C(=CN(C)C)SC1=NS(=O)(=O)c1ccc(Cl)s1. The Morgan fingerprint density at radius 3 is 2.65 bits per heavy atom. The van der Waals surface area contributed by atoms with E-state index in [0.29, 0.717) is 9.24 Å². The van der Waals surface area contributed by atoms with Gasteiger partial charge < -0.3 is 4.90 Å². The van der Waals surface area contributed by atoms with Crippen molar-refractivity contribution >= 4 is 55.8 Å². The molecule has 0 atom stereocenters. The Labute approximate surface area is 148 Å². The van der Waals surface area contributed by atoms with Crippen LogP contribution in [0.3, 0.4) is 0 Å². The molecule has 1 saturated heterocycles. The van der Waals surface area contributed by atoms with Crippen molar-refractivity contribution in [2.45, 2.75) is 4.21 Å². The average molecular weight is 392 g/mol. The lowest BCUT2D eigenvalue weighted by Gasteiger charge is -2.12. The van der Waals surface area contributed by atoms with Gasteiger partial charge in [-0.1, -0.05) is 17.7 Å². The first-order valence-electron chi connectivity index (χ1n) is 6.34. The first-order valence-corrected chi connectivity index (χ1v) is 9.79. The van der Waals surface area contributed by atoms with Gasteiger partial charge in [0.25, 0.3) is 15.9 Å². The third kappa shape index (κ3) is 4.17. The van der Waals surface area contributed by atoms with Gasteiger partial charge in [-0.15, -0.1) is 22.3 Å². The molecule has 1 aliphatic heterocycles. The van der Waals surface area contributed by atoms with Crippen molar-refractivity contribution in [3.05, 3.63) is 40.2 Å². The number of thioether (sulfide) groups is 1. The Kier molecular flexibility index (Phi) is 5.56. The maximum Gasteiger partial charge on any atom is 0.294 e. The summed E-state index contributed by atoms with van der Waals surface area (Å²) in [5, 5.41) is 0.104. The van der Waals surface area contributed by atoms with Crippen LogP contribution in [0.4, 0.5) is 0 Å². The standard InChI is InChI=1S/C13H14ClN3O3S3/c1-4-7-17-12(18)9(8-16(2)3)21-13(17)15-23(19,20)11-6-5-10(14)22-11/h4-6,8H,1,7H2,2-3H3. The summed E-state index contributed by atoms with van der Waals surface area (Å²) in [6.07, 6.45) is 3.14. The smallest absolute Gasteiger partial charge is 0.294 e. The van der Waals surface area contributed by atoms with Crippen molar-refractivity contribution < 1.29 is 13.2 Å². The van der Waals surface area contributed by atoms with Crippen LogP contribution in [-0.4, -0.2) is 49.9 Å². The molecule has 1 fully saturated rings. The third-order valence-corrected chi connectivity index (χ3v) is 6.65. The molecule has 0 spiro atoms. The fourth-order valence-corrected chi connectivity index (χ4v) is 5.39. The van der Waals surface area contributed by atoms with Gasteiger partial charge in [0, 0.05) is 26.8 Å². The lowest BCUT2D eigenvalue weighted by atomic mass is 10.4. The maximum absolute atomic E-state index is 12.3. The second-order valence-electron chi connectivity index (χ2n) is 4.67. The second-order valence-corrected chi connectivity index (χ2v) is 9.23. The van der Waals surface area contributed by atoms with Gasteiger partial charge in [0.1, 0.15) is 4.21 Å².